The van der Waals surface area contributed by atoms with Crippen LogP contribution in [0.4, 0.5) is 0 Å². The Morgan fingerprint density at radius 2 is 1.89 bits per heavy atom. The van der Waals surface area contributed by atoms with E-state index in [4.69, 9.17) is 4.74 Å². The zero-order chi connectivity index (χ0) is 14.1. The molecule has 1 aromatic carbocycles. The van der Waals surface area contributed by atoms with Gasteiger partial charge in [0.2, 0.25) is 11.8 Å². The predicted octanol–water partition coefficient (Wildman–Crippen LogP) is 1.19. The highest BCUT2D eigenvalue weighted by Gasteiger charge is 2.14. The number of hydrogen-bond acceptors (Lipinski definition) is 3. The van der Waals surface area contributed by atoms with Gasteiger partial charge in [0.25, 0.3) is 0 Å². The molecule has 104 valence electrons. The van der Waals surface area contributed by atoms with Crippen molar-refractivity contribution in [3.8, 4) is 0 Å². The highest BCUT2D eigenvalue weighted by molar-refractivity contribution is 5.79. The number of carbonyl (C=O) groups excluding carboxylic acids is 2. The average molecular weight is 264 g/mol. The summed E-state index contributed by atoms with van der Waals surface area (Å²) in [7, 11) is 1.46. The van der Waals surface area contributed by atoms with Gasteiger partial charge in [0.15, 0.2) is 0 Å². The number of benzene rings is 1. The molecular weight excluding hydrogens is 244 g/mol. The number of ether oxygens (including phenoxy) is 1. The van der Waals surface area contributed by atoms with Gasteiger partial charge in [-0.1, -0.05) is 37.3 Å². The second-order valence-electron chi connectivity index (χ2n) is 4.11. The molecule has 0 aliphatic rings. The largest absolute Gasteiger partial charge is 0.361 e. The molecule has 2 N–H and O–H groups in total. The Bertz CT molecular complexity index is 406. The molecule has 1 rings (SSSR count). The van der Waals surface area contributed by atoms with Gasteiger partial charge < -0.3 is 15.4 Å². The fraction of sp³-hybridized carbons (Fsp3) is 0.429. The van der Waals surface area contributed by atoms with Gasteiger partial charge >= 0.3 is 0 Å². The number of methoxy groups -OCH3 is 1. The predicted molar refractivity (Wildman–Crippen MR) is 72.1 cm³/mol. The van der Waals surface area contributed by atoms with Crippen molar-refractivity contribution in [2.75, 3.05) is 7.11 Å². The van der Waals surface area contributed by atoms with E-state index < -0.39 is 6.23 Å². The van der Waals surface area contributed by atoms with Gasteiger partial charge in [-0.3, -0.25) is 9.59 Å². The van der Waals surface area contributed by atoms with E-state index >= 15 is 0 Å². The SMILES string of the molecule is CCC(=O)NC(CC(=O)NCc1ccccc1)OC. The molecule has 0 fully saturated rings. The summed E-state index contributed by atoms with van der Waals surface area (Å²) in [5.41, 5.74) is 1.03. The van der Waals surface area contributed by atoms with Crippen LogP contribution in [-0.4, -0.2) is 25.2 Å². The van der Waals surface area contributed by atoms with Crippen LogP contribution < -0.4 is 10.6 Å². The Morgan fingerprint density at radius 3 is 2.47 bits per heavy atom. The summed E-state index contributed by atoms with van der Waals surface area (Å²) in [5, 5.41) is 5.41. The van der Waals surface area contributed by atoms with Crippen LogP contribution >= 0.6 is 0 Å². The lowest BCUT2D eigenvalue weighted by molar-refractivity contribution is -0.128. The Labute approximate surface area is 113 Å². The van der Waals surface area contributed by atoms with E-state index in [0.29, 0.717) is 13.0 Å². The monoisotopic (exact) mass is 264 g/mol. The first kappa shape index (κ1) is 15.2. The lowest BCUT2D eigenvalue weighted by Crippen LogP contribution is -2.39. The maximum Gasteiger partial charge on any atom is 0.224 e. The molecule has 0 aliphatic heterocycles. The molecule has 1 aromatic rings. The van der Waals surface area contributed by atoms with Crippen molar-refractivity contribution in [1.29, 1.82) is 0 Å². The lowest BCUT2D eigenvalue weighted by atomic mass is 10.2. The second-order valence-corrected chi connectivity index (χ2v) is 4.11. The average Bonchev–Trinajstić information content (AvgIpc) is 2.45. The topological polar surface area (TPSA) is 67.4 Å². The Balaban J connectivity index is 2.35. The van der Waals surface area contributed by atoms with Crippen molar-refractivity contribution in [2.45, 2.75) is 32.5 Å². The number of nitrogens with one attached hydrogen (secondary N) is 2. The van der Waals surface area contributed by atoms with Crippen molar-refractivity contribution in [1.82, 2.24) is 10.6 Å². The minimum absolute atomic E-state index is 0.106. The quantitative estimate of drug-likeness (QED) is 0.727. The molecule has 0 aromatic heterocycles. The van der Waals surface area contributed by atoms with Crippen LogP contribution in [0.1, 0.15) is 25.3 Å². The summed E-state index contributed by atoms with van der Waals surface area (Å²) in [6, 6.07) is 9.63. The summed E-state index contributed by atoms with van der Waals surface area (Å²) in [6.45, 7) is 2.22. The Hall–Kier alpha value is -1.88. The van der Waals surface area contributed by atoms with Gasteiger partial charge in [-0.2, -0.15) is 0 Å². The van der Waals surface area contributed by atoms with Crippen molar-refractivity contribution in [2.24, 2.45) is 0 Å². The maximum absolute atomic E-state index is 11.7. The van der Waals surface area contributed by atoms with E-state index in [-0.39, 0.29) is 18.2 Å². The van der Waals surface area contributed by atoms with E-state index in [9.17, 15) is 9.59 Å². The fourth-order valence-corrected chi connectivity index (χ4v) is 1.51. The van der Waals surface area contributed by atoms with Gasteiger partial charge in [0, 0.05) is 20.1 Å². The molecule has 0 bridgehead atoms. The number of hydrogen-bond donors (Lipinski definition) is 2. The number of rotatable bonds is 7. The molecule has 1 unspecified atom stereocenters. The zero-order valence-corrected chi connectivity index (χ0v) is 11.3. The van der Waals surface area contributed by atoms with Crippen LogP contribution in [0.5, 0.6) is 0 Å². The smallest absolute Gasteiger partial charge is 0.224 e. The van der Waals surface area contributed by atoms with E-state index in [1.165, 1.54) is 7.11 Å². The van der Waals surface area contributed by atoms with E-state index in [2.05, 4.69) is 10.6 Å². The first-order chi connectivity index (χ1) is 9.15. The minimum Gasteiger partial charge on any atom is -0.361 e. The molecule has 0 heterocycles. The van der Waals surface area contributed by atoms with Crippen molar-refractivity contribution in [3.63, 3.8) is 0 Å². The lowest BCUT2D eigenvalue weighted by Gasteiger charge is -2.16. The molecule has 2 amide bonds. The Kier molecular flexibility index (Phi) is 6.60. The third-order valence-corrected chi connectivity index (χ3v) is 2.63. The first-order valence-corrected chi connectivity index (χ1v) is 6.28. The molecule has 5 nitrogen and oxygen atoms in total. The standard InChI is InChI=1S/C14H20N2O3/c1-3-12(17)16-14(19-2)9-13(18)15-10-11-7-5-4-6-8-11/h4-8,14H,3,9-10H2,1-2H3,(H,15,18)(H,16,17). The van der Waals surface area contributed by atoms with Gasteiger partial charge in [0.05, 0.1) is 6.42 Å². The third-order valence-electron chi connectivity index (χ3n) is 2.63. The zero-order valence-electron chi connectivity index (χ0n) is 11.3. The molecule has 0 saturated carbocycles. The van der Waals surface area contributed by atoms with E-state index in [1.54, 1.807) is 6.92 Å². The van der Waals surface area contributed by atoms with Crippen molar-refractivity contribution in [3.05, 3.63) is 35.9 Å². The normalized spacial score (nSPS) is 11.7. The Morgan fingerprint density at radius 1 is 1.21 bits per heavy atom. The molecule has 0 saturated heterocycles. The molecule has 0 spiro atoms. The highest BCUT2D eigenvalue weighted by atomic mass is 16.5. The summed E-state index contributed by atoms with van der Waals surface area (Å²) in [4.78, 5) is 22.9. The molecule has 1 atom stereocenters. The summed E-state index contributed by atoms with van der Waals surface area (Å²) in [5.74, 6) is -0.296. The summed E-state index contributed by atoms with van der Waals surface area (Å²) < 4.78 is 5.05. The van der Waals surface area contributed by atoms with Gasteiger partial charge in [-0.15, -0.1) is 0 Å². The van der Waals surface area contributed by atoms with E-state index in [1.807, 2.05) is 30.3 Å². The van der Waals surface area contributed by atoms with Crippen LogP contribution in [0.25, 0.3) is 0 Å². The van der Waals surface area contributed by atoms with Crippen LogP contribution in [0.15, 0.2) is 30.3 Å². The van der Waals surface area contributed by atoms with Crippen LogP contribution in [0.2, 0.25) is 0 Å². The molecular formula is C14H20N2O3. The van der Waals surface area contributed by atoms with Gasteiger partial charge in [0.1, 0.15) is 6.23 Å². The summed E-state index contributed by atoms with van der Waals surface area (Å²) in [6.07, 6.45) is -0.108. The first-order valence-electron chi connectivity index (χ1n) is 6.28. The molecule has 0 radical (unpaired) electrons. The highest BCUT2D eigenvalue weighted by Crippen LogP contribution is 1.99. The van der Waals surface area contributed by atoms with Crippen LogP contribution in [0.3, 0.4) is 0 Å². The van der Waals surface area contributed by atoms with Crippen molar-refractivity contribution < 1.29 is 14.3 Å². The number of amides is 2. The fourth-order valence-electron chi connectivity index (χ4n) is 1.51. The van der Waals surface area contributed by atoms with Gasteiger partial charge in [-0.05, 0) is 5.56 Å². The van der Waals surface area contributed by atoms with Crippen molar-refractivity contribution >= 4 is 11.8 Å². The van der Waals surface area contributed by atoms with E-state index in [0.717, 1.165) is 5.56 Å². The van der Waals surface area contributed by atoms with Gasteiger partial charge in [-0.25, -0.2) is 0 Å². The minimum atomic E-state index is -0.580. The summed E-state index contributed by atoms with van der Waals surface area (Å²) >= 11 is 0. The third kappa shape index (κ3) is 6.01. The molecule has 5 heteroatoms. The number of carbonyl (C=O) groups is 2. The van der Waals surface area contributed by atoms with Crippen LogP contribution in [-0.2, 0) is 20.9 Å². The maximum atomic E-state index is 11.7. The molecule has 19 heavy (non-hydrogen) atoms. The molecule has 0 aliphatic carbocycles. The van der Waals surface area contributed by atoms with Crippen LogP contribution in [0, 0.1) is 0 Å². The second kappa shape index (κ2) is 8.26.